The Bertz CT molecular complexity index is 352. The van der Waals surface area contributed by atoms with Crippen LogP contribution in [0, 0.1) is 11.3 Å². The number of ketones is 1. The molecule has 0 radical (unpaired) electrons. The van der Waals surface area contributed by atoms with Crippen molar-refractivity contribution in [2.45, 2.75) is 19.4 Å². The third kappa shape index (κ3) is 1.18. The topological polar surface area (TPSA) is 47.3 Å². The highest BCUT2D eigenvalue weighted by molar-refractivity contribution is 6.17. The first-order valence-electron chi connectivity index (χ1n) is 4.44. The molecule has 0 atom stereocenters. The predicted octanol–water partition coefficient (Wildman–Crippen LogP) is -0.505. The van der Waals surface area contributed by atoms with Crippen LogP contribution < -0.4 is 0 Å². The molecule has 4 nitrogen and oxygen atoms in total. The van der Waals surface area contributed by atoms with Crippen molar-refractivity contribution in [2.24, 2.45) is 0 Å². The van der Waals surface area contributed by atoms with Crippen molar-refractivity contribution in [1.29, 1.82) is 5.26 Å². The highest BCUT2D eigenvalue weighted by Gasteiger charge is 2.44. The third-order valence-corrected chi connectivity index (χ3v) is 2.70. The summed E-state index contributed by atoms with van der Waals surface area (Å²) in [6, 6.07) is 1.98. The Labute approximate surface area is 85.2 Å². The average molecular weight is 191 g/mol. The summed E-state index contributed by atoms with van der Waals surface area (Å²) in [6.07, 6.45) is 0. The first-order valence-corrected chi connectivity index (χ1v) is 4.44. The summed E-state index contributed by atoms with van der Waals surface area (Å²) in [5.41, 5.74) is -0.354. The van der Waals surface area contributed by atoms with Crippen LogP contribution in [0.4, 0.5) is 0 Å². The Morgan fingerprint density at radius 3 is 2.29 bits per heavy atom. The first-order chi connectivity index (χ1) is 6.34. The molecular formula is C9H14BN3O. The molecule has 0 aromatic rings. The normalized spacial score (nSPS) is 19.9. The van der Waals surface area contributed by atoms with Gasteiger partial charge in [0.25, 0.3) is 0 Å². The van der Waals surface area contributed by atoms with Crippen molar-refractivity contribution in [1.82, 2.24) is 9.71 Å². The maximum absolute atomic E-state index is 11.8. The van der Waals surface area contributed by atoms with Crippen LogP contribution >= 0.6 is 0 Å². The maximum atomic E-state index is 11.8. The molecule has 0 saturated carbocycles. The van der Waals surface area contributed by atoms with Crippen molar-refractivity contribution < 1.29 is 4.79 Å². The first kappa shape index (κ1) is 10.6. The third-order valence-electron chi connectivity index (χ3n) is 2.70. The lowest BCUT2D eigenvalue weighted by Gasteiger charge is -2.33. The van der Waals surface area contributed by atoms with Gasteiger partial charge in [0.1, 0.15) is 17.5 Å². The van der Waals surface area contributed by atoms with Gasteiger partial charge in [-0.2, -0.15) is 5.26 Å². The second kappa shape index (κ2) is 3.05. The lowest BCUT2D eigenvalue weighted by molar-refractivity contribution is -0.120. The number of Topliss-reactive ketones (excluding diaryl/α,β-unsaturated/α-hetero) is 1. The van der Waals surface area contributed by atoms with E-state index in [0.29, 0.717) is 5.82 Å². The molecule has 1 heterocycles. The van der Waals surface area contributed by atoms with Crippen molar-refractivity contribution in [3.8, 4) is 6.07 Å². The molecule has 0 bridgehead atoms. The summed E-state index contributed by atoms with van der Waals surface area (Å²) in [6.45, 7) is 3.65. The molecule has 0 aromatic heterocycles. The Morgan fingerprint density at radius 1 is 1.50 bits per heavy atom. The van der Waals surface area contributed by atoms with Gasteiger partial charge in [-0.25, -0.2) is 0 Å². The van der Waals surface area contributed by atoms with E-state index in [-0.39, 0.29) is 11.4 Å². The van der Waals surface area contributed by atoms with Gasteiger partial charge in [0.2, 0.25) is 13.8 Å². The molecule has 0 spiro atoms. The van der Waals surface area contributed by atoms with Gasteiger partial charge in [0, 0.05) is 14.1 Å². The van der Waals surface area contributed by atoms with Gasteiger partial charge in [-0.3, -0.25) is 4.79 Å². The van der Waals surface area contributed by atoms with E-state index in [1.165, 1.54) is 0 Å². The minimum atomic E-state index is -0.606. The van der Waals surface area contributed by atoms with Crippen molar-refractivity contribution >= 4 is 13.8 Å². The van der Waals surface area contributed by atoms with Gasteiger partial charge < -0.3 is 9.71 Å². The van der Waals surface area contributed by atoms with Gasteiger partial charge in [0.05, 0.1) is 5.54 Å². The van der Waals surface area contributed by atoms with E-state index in [4.69, 9.17) is 5.26 Å². The summed E-state index contributed by atoms with van der Waals surface area (Å²) in [5, 5.41) is 8.92. The molecule has 0 saturated heterocycles. The predicted molar refractivity (Wildman–Crippen MR) is 55.8 cm³/mol. The summed E-state index contributed by atoms with van der Waals surface area (Å²) >= 11 is 0. The molecule has 0 fully saturated rings. The minimum absolute atomic E-state index is 0.105. The molecule has 1 rings (SSSR count). The molecule has 0 aromatic carbocycles. The summed E-state index contributed by atoms with van der Waals surface area (Å²) < 4.78 is 0. The maximum Gasteiger partial charge on any atom is 0.220 e. The number of hydrogen-bond donors (Lipinski definition) is 0. The summed E-state index contributed by atoms with van der Waals surface area (Å²) in [5.74, 6) is 0.591. The zero-order valence-electron chi connectivity index (χ0n) is 9.25. The number of hydrogen-bond acceptors (Lipinski definition) is 4. The monoisotopic (exact) mass is 191 g/mol. The van der Waals surface area contributed by atoms with E-state index in [9.17, 15) is 4.79 Å². The lowest BCUT2D eigenvalue weighted by atomic mass is 9.95. The highest BCUT2D eigenvalue weighted by atomic mass is 16.1. The van der Waals surface area contributed by atoms with Crippen LogP contribution in [0.2, 0.25) is 0 Å². The van der Waals surface area contributed by atoms with Gasteiger partial charge >= 0.3 is 0 Å². The molecule has 1 aliphatic rings. The molecule has 0 unspecified atom stereocenters. The van der Waals surface area contributed by atoms with Crippen LogP contribution in [0.25, 0.3) is 0 Å². The van der Waals surface area contributed by atoms with Crippen molar-refractivity contribution in [3.63, 3.8) is 0 Å². The SMILES string of the molecule is BN1C(N(C)C)=C(C#N)C(=O)C1(C)C. The molecule has 5 heteroatoms. The number of rotatable bonds is 1. The van der Waals surface area contributed by atoms with Crippen LogP contribution in [0.15, 0.2) is 11.4 Å². The lowest BCUT2D eigenvalue weighted by Crippen LogP contribution is -2.44. The minimum Gasteiger partial charge on any atom is -0.397 e. The van der Waals surface area contributed by atoms with Crippen LogP contribution in [-0.4, -0.2) is 43.1 Å². The Kier molecular flexibility index (Phi) is 2.32. The van der Waals surface area contributed by atoms with Crippen LogP contribution in [0.1, 0.15) is 13.8 Å². The fraction of sp³-hybridized carbons (Fsp3) is 0.556. The number of carbonyl (C=O) groups is 1. The second-order valence-electron chi connectivity index (χ2n) is 4.15. The number of nitrogens with zero attached hydrogens (tertiary/aromatic N) is 3. The van der Waals surface area contributed by atoms with Gasteiger partial charge in [-0.1, -0.05) is 0 Å². The van der Waals surface area contributed by atoms with Gasteiger partial charge in [-0.15, -0.1) is 0 Å². The molecule has 1 aliphatic heterocycles. The fourth-order valence-corrected chi connectivity index (χ4v) is 1.62. The van der Waals surface area contributed by atoms with E-state index in [1.807, 2.05) is 46.8 Å². The Balaban J connectivity index is 3.31. The molecule has 14 heavy (non-hydrogen) atoms. The van der Waals surface area contributed by atoms with Crippen LogP contribution in [-0.2, 0) is 4.79 Å². The zero-order valence-corrected chi connectivity index (χ0v) is 9.25. The van der Waals surface area contributed by atoms with Gasteiger partial charge in [-0.05, 0) is 13.8 Å². The van der Waals surface area contributed by atoms with E-state index in [2.05, 4.69) is 0 Å². The number of nitriles is 1. The Hall–Kier alpha value is -1.44. The molecular weight excluding hydrogens is 177 g/mol. The molecule has 0 aliphatic carbocycles. The van der Waals surface area contributed by atoms with Crippen LogP contribution in [0.3, 0.4) is 0 Å². The van der Waals surface area contributed by atoms with Crippen molar-refractivity contribution in [2.75, 3.05) is 14.1 Å². The summed E-state index contributed by atoms with van der Waals surface area (Å²) in [7, 11) is 5.49. The van der Waals surface area contributed by atoms with E-state index in [1.54, 1.807) is 4.90 Å². The Morgan fingerprint density at radius 2 is 2.00 bits per heavy atom. The van der Waals surface area contributed by atoms with Gasteiger partial charge in [0.15, 0.2) is 0 Å². The molecule has 0 amide bonds. The fourth-order valence-electron chi connectivity index (χ4n) is 1.62. The smallest absolute Gasteiger partial charge is 0.220 e. The largest absolute Gasteiger partial charge is 0.397 e. The average Bonchev–Trinajstić information content (AvgIpc) is 2.26. The molecule has 0 N–H and O–H groups in total. The number of carbonyl (C=O) groups excluding carboxylic acids is 1. The zero-order chi connectivity index (χ0) is 11.1. The standard InChI is InChI=1S/C9H14BN3O/c1-9(2)7(14)6(5-11)8(12(3)4)13(9)10/h10H2,1-4H3. The second-order valence-corrected chi connectivity index (χ2v) is 4.15. The highest BCUT2D eigenvalue weighted by Crippen LogP contribution is 2.32. The van der Waals surface area contributed by atoms with E-state index < -0.39 is 5.54 Å². The van der Waals surface area contributed by atoms with Crippen LogP contribution in [0.5, 0.6) is 0 Å². The van der Waals surface area contributed by atoms with E-state index in [0.717, 1.165) is 0 Å². The molecule has 74 valence electrons. The quantitative estimate of drug-likeness (QED) is 0.524. The van der Waals surface area contributed by atoms with E-state index >= 15 is 0 Å². The van der Waals surface area contributed by atoms with Crippen molar-refractivity contribution in [3.05, 3.63) is 11.4 Å². The summed E-state index contributed by atoms with van der Waals surface area (Å²) in [4.78, 5) is 15.5.